The molecule has 1 rings (SSSR count). The van der Waals surface area contributed by atoms with Crippen molar-refractivity contribution in [1.29, 1.82) is 0 Å². The van der Waals surface area contributed by atoms with Gasteiger partial charge in [-0.2, -0.15) is 0 Å². The molecule has 4 heteroatoms. The fraction of sp³-hybridized carbons (Fsp3) is 0.100. The highest BCUT2D eigenvalue weighted by Gasteiger charge is 1.98. The van der Waals surface area contributed by atoms with Crippen LogP contribution in [0.25, 0.3) is 0 Å². The number of benzene rings is 1. The fourth-order valence-corrected chi connectivity index (χ4v) is 1.16. The molecule has 0 saturated carbocycles. The van der Waals surface area contributed by atoms with E-state index in [1.165, 1.54) is 12.1 Å². The lowest BCUT2D eigenvalue weighted by Crippen LogP contribution is -2.09. The lowest BCUT2D eigenvalue weighted by molar-refractivity contribution is -0.115. The Kier molecular flexibility index (Phi) is 4.45. The molecule has 1 amide bonds. The molecule has 0 aromatic heterocycles. The van der Waals surface area contributed by atoms with Crippen molar-refractivity contribution in [3.8, 4) is 5.75 Å². The number of halogens is 1. The first kappa shape index (κ1) is 11.0. The second kappa shape index (κ2) is 5.64. The van der Waals surface area contributed by atoms with Crippen molar-refractivity contribution in [1.82, 2.24) is 0 Å². The molecule has 0 fully saturated rings. The quantitative estimate of drug-likeness (QED) is 0.666. The van der Waals surface area contributed by atoms with E-state index in [0.29, 0.717) is 12.1 Å². The molecule has 1 aromatic carbocycles. The van der Waals surface area contributed by atoms with E-state index in [9.17, 15) is 4.79 Å². The summed E-state index contributed by atoms with van der Waals surface area (Å²) in [5, 5.41) is 11.7. The second-order valence-corrected chi connectivity index (χ2v) is 3.38. The molecule has 0 bridgehead atoms. The lowest BCUT2D eigenvalue weighted by atomic mass is 10.3. The number of carbonyl (C=O) groups is 1. The third-order valence-electron chi connectivity index (χ3n) is 1.54. The predicted octanol–water partition coefficient (Wildman–Crippen LogP) is 2.67. The van der Waals surface area contributed by atoms with Gasteiger partial charge in [-0.05, 0) is 28.3 Å². The molecule has 0 aliphatic heterocycles. The average Bonchev–Trinajstić information content (AvgIpc) is 2.18. The van der Waals surface area contributed by atoms with Crippen LogP contribution in [0, 0.1) is 0 Å². The van der Waals surface area contributed by atoms with E-state index in [0.717, 1.165) is 0 Å². The standard InChI is InChI=1S/C10H10INO2/c11-7-1-2-10(14)12-8-3-5-9(13)6-4-8/h1,3-7,13H,2H2,(H,12,14). The SMILES string of the molecule is O=C(CC=CI)Nc1ccc(O)cc1. The van der Waals surface area contributed by atoms with Crippen molar-refractivity contribution in [3.05, 3.63) is 34.4 Å². The predicted molar refractivity (Wildman–Crippen MR) is 64.5 cm³/mol. The van der Waals surface area contributed by atoms with Gasteiger partial charge in [0.1, 0.15) is 5.75 Å². The first-order valence-corrected chi connectivity index (χ1v) is 5.31. The van der Waals surface area contributed by atoms with E-state index < -0.39 is 0 Å². The summed E-state index contributed by atoms with van der Waals surface area (Å²) in [6.45, 7) is 0. The Hall–Kier alpha value is -1.04. The molecule has 0 radical (unpaired) electrons. The monoisotopic (exact) mass is 303 g/mol. The van der Waals surface area contributed by atoms with Gasteiger partial charge in [0.15, 0.2) is 0 Å². The van der Waals surface area contributed by atoms with E-state index in [1.54, 1.807) is 22.3 Å². The number of carbonyl (C=O) groups excluding carboxylic acids is 1. The Morgan fingerprint density at radius 1 is 1.43 bits per heavy atom. The van der Waals surface area contributed by atoms with Crippen LogP contribution in [0.5, 0.6) is 5.75 Å². The Morgan fingerprint density at radius 2 is 2.07 bits per heavy atom. The maximum absolute atomic E-state index is 11.2. The second-order valence-electron chi connectivity index (χ2n) is 2.66. The van der Waals surface area contributed by atoms with Crippen LogP contribution >= 0.6 is 22.6 Å². The van der Waals surface area contributed by atoms with Gasteiger partial charge in [-0.15, -0.1) is 0 Å². The number of amides is 1. The van der Waals surface area contributed by atoms with E-state index >= 15 is 0 Å². The summed E-state index contributed by atoms with van der Waals surface area (Å²) >= 11 is 2.06. The highest BCUT2D eigenvalue weighted by atomic mass is 127. The maximum atomic E-state index is 11.2. The van der Waals surface area contributed by atoms with E-state index in [4.69, 9.17) is 5.11 Å². The summed E-state index contributed by atoms with van der Waals surface area (Å²) in [7, 11) is 0. The summed E-state index contributed by atoms with van der Waals surface area (Å²) in [6.07, 6.45) is 2.14. The summed E-state index contributed by atoms with van der Waals surface area (Å²) in [5.74, 6) is 0.124. The molecule has 0 unspecified atom stereocenters. The van der Waals surface area contributed by atoms with E-state index in [2.05, 4.69) is 27.9 Å². The zero-order valence-electron chi connectivity index (χ0n) is 7.40. The van der Waals surface area contributed by atoms with Gasteiger partial charge in [-0.3, -0.25) is 4.79 Å². The van der Waals surface area contributed by atoms with Gasteiger partial charge in [0.2, 0.25) is 5.91 Å². The molecule has 74 valence electrons. The first-order chi connectivity index (χ1) is 6.72. The largest absolute Gasteiger partial charge is 0.508 e. The average molecular weight is 303 g/mol. The molecule has 0 atom stereocenters. The number of rotatable bonds is 3. The molecule has 0 aliphatic rings. The van der Waals surface area contributed by atoms with Crippen LogP contribution in [0.15, 0.2) is 34.4 Å². The minimum atomic E-state index is -0.0661. The number of hydrogen-bond acceptors (Lipinski definition) is 2. The normalized spacial score (nSPS) is 10.4. The van der Waals surface area contributed by atoms with Gasteiger partial charge in [-0.25, -0.2) is 0 Å². The van der Waals surface area contributed by atoms with Crippen molar-refractivity contribution >= 4 is 34.2 Å². The molecule has 14 heavy (non-hydrogen) atoms. The van der Waals surface area contributed by atoms with Crippen LogP contribution in [0.2, 0.25) is 0 Å². The van der Waals surface area contributed by atoms with Gasteiger partial charge < -0.3 is 10.4 Å². The van der Waals surface area contributed by atoms with Gasteiger partial charge in [0.25, 0.3) is 0 Å². The Bertz CT molecular complexity index is 332. The minimum absolute atomic E-state index is 0.0661. The van der Waals surface area contributed by atoms with Gasteiger partial charge >= 0.3 is 0 Å². The zero-order valence-corrected chi connectivity index (χ0v) is 9.56. The molecular weight excluding hydrogens is 293 g/mol. The molecular formula is C10H10INO2. The van der Waals surface area contributed by atoms with Crippen molar-refractivity contribution in [2.45, 2.75) is 6.42 Å². The van der Waals surface area contributed by atoms with E-state index in [-0.39, 0.29) is 11.7 Å². The Labute approximate surface area is 96.0 Å². The van der Waals surface area contributed by atoms with Crippen molar-refractivity contribution in [3.63, 3.8) is 0 Å². The highest BCUT2D eigenvalue weighted by Crippen LogP contribution is 2.13. The van der Waals surface area contributed by atoms with Crippen molar-refractivity contribution in [2.75, 3.05) is 5.32 Å². The Balaban J connectivity index is 2.52. The molecule has 2 N–H and O–H groups in total. The summed E-state index contributed by atoms with van der Waals surface area (Å²) < 4.78 is 1.80. The fourth-order valence-electron chi connectivity index (χ4n) is 0.908. The number of aromatic hydroxyl groups is 1. The minimum Gasteiger partial charge on any atom is -0.508 e. The summed E-state index contributed by atoms with van der Waals surface area (Å²) in [5.41, 5.74) is 0.689. The molecule has 0 saturated heterocycles. The molecule has 0 spiro atoms. The van der Waals surface area contributed by atoms with Gasteiger partial charge in [-0.1, -0.05) is 28.7 Å². The first-order valence-electron chi connectivity index (χ1n) is 4.06. The van der Waals surface area contributed by atoms with Gasteiger partial charge in [0, 0.05) is 12.1 Å². The number of phenolic OH excluding ortho intramolecular Hbond substituents is 1. The van der Waals surface area contributed by atoms with Gasteiger partial charge in [0.05, 0.1) is 0 Å². The number of anilines is 1. The van der Waals surface area contributed by atoms with Crippen LogP contribution in [-0.4, -0.2) is 11.0 Å². The molecule has 0 aliphatic carbocycles. The summed E-state index contributed by atoms with van der Waals surface area (Å²) in [4.78, 5) is 11.2. The number of nitrogens with one attached hydrogen (secondary N) is 1. The third kappa shape index (κ3) is 3.78. The number of phenols is 1. The highest BCUT2D eigenvalue weighted by molar-refractivity contribution is 14.1. The molecule has 0 heterocycles. The van der Waals surface area contributed by atoms with Crippen molar-refractivity contribution < 1.29 is 9.90 Å². The van der Waals surface area contributed by atoms with Crippen LogP contribution < -0.4 is 5.32 Å². The van der Waals surface area contributed by atoms with E-state index in [1.807, 2.05) is 0 Å². The van der Waals surface area contributed by atoms with Crippen LogP contribution in [0.4, 0.5) is 5.69 Å². The zero-order chi connectivity index (χ0) is 10.4. The third-order valence-corrected chi connectivity index (χ3v) is 2.05. The maximum Gasteiger partial charge on any atom is 0.228 e. The summed E-state index contributed by atoms with van der Waals surface area (Å²) in [6, 6.07) is 6.37. The smallest absolute Gasteiger partial charge is 0.228 e. The topological polar surface area (TPSA) is 49.3 Å². The number of hydrogen-bond donors (Lipinski definition) is 2. The molecule has 3 nitrogen and oxygen atoms in total. The lowest BCUT2D eigenvalue weighted by Gasteiger charge is -2.02. The van der Waals surface area contributed by atoms with Crippen LogP contribution in [0.1, 0.15) is 6.42 Å². The van der Waals surface area contributed by atoms with Crippen LogP contribution in [-0.2, 0) is 4.79 Å². The Morgan fingerprint density at radius 3 is 2.64 bits per heavy atom. The van der Waals surface area contributed by atoms with Crippen LogP contribution in [0.3, 0.4) is 0 Å². The van der Waals surface area contributed by atoms with Crippen molar-refractivity contribution in [2.24, 2.45) is 0 Å². The molecule has 1 aromatic rings.